The number of piperidine rings is 1. The largest absolute Gasteiger partial charge is 0.480 e. The second kappa shape index (κ2) is 13.1. The van der Waals surface area contributed by atoms with Gasteiger partial charge in [0.05, 0.1) is 5.69 Å². The van der Waals surface area contributed by atoms with Crippen molar-refractivity contribution in [3.63, 3.8) is 0 Å². The fourth-order valence-corrected chi connectivity index (χ4v) is 6.98. The van der Waals surface area contributed by atoms with Gasteiger partial charge in [-0.05, 0) is 68.3 Å². The number of carbonyl (C=O) groups is 1. The molecular formula is C34H46N4O2. The van der Waals surface area contributed by atoms with Gasteiger partial charge in [-0.1, -0.05) is 74.5 Å². The Morgan fingerprint density at radius 3 is 2.30 bits per heavy atom. The molecule has 1 N–H and O–H groups in total. The van der Waals surface area contributed by atoms with Crippen LogP contribution in [0.3, 0.4) is 0 Å². The minimum Gasteiger partial charge on any atom is -0.480 e. The summed E-state index contributed by atoms with van der Waals surface area (Å²) >= 11 is 0. The molecule has 6 heteroatoms. The van der Waals surface area contributed by atoms with Crippen molar-refractivity contribution in [2.75, 3.05) is 32.7 Å². The summed E-state index contributed by atoms with van der Waals surface area (Å²) in [6.45, 7) is 12.2. The lowest BCUT2D eigenvalue weighted by molar-refractivity contribution is -0.143. The quantitative estimate of drug-likeness (QED) is 0.328. The molecule has 0 amide bonds. The van der Waals surface area contributed by atoms with E-state index in [4.69, 9.17) is 5.10 Å². The van der Waals surface area contributed by atoms with Gasteiger partial charge in [0, 0.05) is 50.1 Å². The highest BCUT2D eigenvalue weighted by Crippen LogP contribution is 2.37. The average molecular weight is 543 g/mol. The van der Waals surface area contributed by atoms with Crippen molar-refractivity contribution in [3.05, 3.63) is 89.2 Å². The summed E-state index contributed by atoms with van der Waals surface area (Å²) in [6.07, 6.45) is 3.88. The molecule has 0 saturated carbocycles. The Morgan fingerprint density at radius 2 is 1.68 bits per heavy atom. The van der Waals surface area contributed by atoms with Crippen LogP contribution in [0.4, 0.5) is 0 Å². The Hall–Kier alpha value is -2.96. The molecule has 0 spiro atoms. The Bertz CT molecular complexity index is 1220. The summed E-state index contributed by atoms with van der Waals surface area (Å²) < 4.78 is 2.22. The number of aromatic nitrogens is 2. The van der Waals surface area contributed by atoms with E-state index in [0.717, 1.165) is 64.2 Å². The molecule has 3 atom stereocenters. The van der Waals surface area contributed by atoms with Crippen LogP contribution in [0.5, 0.6) is 0 Å². The first-order valence-electron chi connectivity index (χ1n) is 15.3. The minimum atomic E-state index is -0.679. The lowest BCUT2D eigenvalue weighted by Gasteiger charge is -2.35. The number of nitrogens with zero attached hydrogens (tertiary/aromatic N) is 4. The molecule has 0 bridgehead atoms. The van der Waals surface area contributed by atoms with Crippen molar-refractivity contribution in [1.29, 1.82) is 0 Å². The highest BCUT2D eigenvalue weighted by Gasteiger charge is 2.40. The second-order valence-corrected chi connectivity index (χ2v) is 12.3. The van der Waals surface area contributed by atoms with E-state index in [1.54, 1.807) is 0 Å². The molecule has 2 aliphatic heterocycles. The van der Waals surface area contributed by atoms with Gasteiger partial charge in [0.2, 0.25) is 0 Å². The lowest BCUT2D eigenvalue weighted by Crippen LogP contribution is -2.42. The Kier molecular flexibility index (Phi) is 9.38. The zero-order valence-corrected chi connectivity index (χ0v) is 24.5. The van der Waals surface area contributed by atoms with Crippen molar-refractivity contribution in [2.24, 2.45) is 11.8 Å². The number of rotatable bonds is 11. The molecule has 214 valence electrons. The summed E-state index contributed by atoms with van der Waals surface area (Å²) in [7, 11) is 0. The van der Waals surface area contributed by atoms with Gasteiger partial charge in [0.25, 0.3) is 0 Å². The van der Waals surface area contributed by atoms with E-state index in [-0.39, 0.29) is 0 Å². The number of likely N-dealkylation sites (tertiary alicyclic amines) is 2. The highest BCUT2D eigenvalue weighted by molar-refractivity contribution is 5.73. The van der Waals surface area contributed by atoms with Gasteiger partial charge in [0.15, 0.2) is 0 Å². The maximum absolute atomic E-state index is 12.2. The predicted molar refractivity (Wildman–Crippen MR) is 161 cm³/mol. The molecule has 1 unspecified atom stereocenters. The van der Waals surface area contributed by atoms with Crippen molar-refractivity contribution < 1.29 is 9.90 Å². The number of carboxylic acids is 1. The maximum atomic E-state index is 12.2. The van der Waals surface area contributed by atoms with Crippen LogP contribution in [-0.4, -0.2) is 69.4 Å². The Morgan fingerprint density at radius 1 is 1.00 bits per heavy atom. The molecular weight excluding hydrogens is 496 g/mol. The number of carboxylic acid groups (broad SMARTS) is 1. The van der Waals surface area contributed by atoms with E-state index in [1.807, 2.05) is 0 Å². The molecule has 6 nitrogen and oxygen atoms in total. The highest BCUT2D eigenvalue weighted by atomic mass is 16.4. The molecule has 3 aromatic rings. The predicted octanol–water partition coefficient (Wildman–Crippen LogP) is 5.89. The topological polar surface area (TPSA) is 61.6 Å². The van der Waals surface area contributed by atoms with E-state index < -0.39 is 12.0 Å². The third kappa shape index (κ3) is 6.84. The molecule has 0 aliphatic carbocycles. The molecule has 2 saturated heterocycles. The third-order valence-electron chi connectivity index (χ3n) is 9.01. The molecule has 2 aliphatic rings. The third-order valence-corrected chi connectivity index (χ3v) is 9.01. The zero-order chi connectivity index (χ0) is 28.1. The van der Waals surface area contributed by atoms with Gasteiger partial charge in [-0.25, -0.2) is 0 Å². The number of aliphatic carboxylic acids is 1. The summed E-state index contributed by atoms with van der Waals surface area (Å²) in [5, 5.41) is 15.0. The van der Waals surface area contributed by atoms with E-state index in [9.17, 15) is 9.90 Å². The first-order valence-corrected chi connectivity index (χ1v) is 15.3. The smallest absolute Gasteiger partial charge is 0.320 e. The minimum absolute atomic E-state index is 0.360. The van der Waals surface area contributed by atoms with Crippen LogP contribution < -0.4 is 0 Å². The molecule has 2 fully saturated rings. The van der Waals surface area contributed by atoms with Crippen LogP contribution in [0, 0.1) is 11.8 Å². The van der Waals surface area contributed by atoms with E-state index in [1.165, 1.54) is 16.8 Å². The standard InChI is InChI=1S/C34H46N4O2/c1-4-38-32(21-30(35-38)20-26-11-7-5-8-12-26)28-15-17-36(18-16-28)22-29-23-37(33(34(39)40)19-25(2)3)24-31(29)27-13-9-6-10-14-27/h5-14,21,25,28-29,31,33H,4,15-20,22-24H2,1-3H3,(H,39,40)/t29-,31?,33+/m0/s1. The summed E-state index contributed by atoms with van der Waals surface area (Å²) in [5.41, 5.74) is 5.20. The van der Waals surface area contributed by atoms with E-state index >= 15 is 0 Å². The SMILES string of the molecule is CCn1nc(Cc2ccccc2)cc1C1CCN(C[C@H]2CN([C@H](CC(C)C)C(=O)O)CC2c2ccccc2)CC1. The number of hydrogen-bond donors (Lipinski definition) is 1. The monoisotopic (exact) mass is 542 g/mol. The average Bonchev–Trinajstić information content (AvgIpc) is 3.57. The Balaban J connectivity index is 1.24. The van der Waals surface area contributed by atoms with Crippen LogP contribution in [0.25, 0.3) is 0 Å². The first-order chi connectivity index (χ1) is 19.4. The summed E-state index contributed by atoms with van der Waals surface area (Å²) in [5.74, 6) is 1.03. The van der Waals surface area contributed by atoms with Crippen molar-refractivity contribution >= 4 is 5.97 Å². The fraction of sp³-hybridized carbons (Fsp3) is 0.529. The summed E-state index contributed by atoms with van der Waals surface area (Å²) in [4.78, 5) is 17.1. The Labute approximate surface area is 240 Å². The van der Waals surface area contributed by atoms with Crippen molar-refractivity contribution in [3.8, 4) is 0 Å². The van der Waals surface area contributed by atoms with E-state index in [2.05, 4.69) is 102 Å². The number of benzene rings is 2. The van der Waals surface area contributed by atoms with Gasteiger partial charge >= 0.3 is 5.97 Å². The fourth-order valence-electron chi connectivity index (χ4n) is 6.98. The maximum Gasteiger partial charge on any atom is 0.320 e. The van der Waals surface area contributed by atoms with Crippen LogP contribution in [0.15, 0.2) is 66.7 Å². The van der Waals surface area contributed by atoms with Gasteiger partial charge < -0.3 is 10.0 Å². The first kappa shape index (κ1) is 28.6. The number of hydrogen-bond acceptors (Lipinski definition) is 4. The van der Waals surface area contributed by atoms with Crippen LogP contribution in [0.2, 0.25) is 0 Å². The lowest BCUT2D eigenvalue weighted by atomic mass is 9.87. The molecule has 5 rings (SSSR count). The molecule has 0 radical (unpaired) electrons. The van der Waals surface area contributed by atoms with Crippen LogP contribution in [-0.2, 0) is 17.8 Å². The van der Waals surface area contributed by atoms with Crippen LogP contribution >= 0.6 is 0 Å². The zero-order valence-electron chi connectivity index (χ0n) is 24.5. The van der Waals surface area contributed by atoms with Gasteiger partial charge in [0.1, 0.15) is 6.04 Å². The van der Waals surface area contributed by atoms with Gasteiger partial charge in [-0.3, -0.25) is 14.4 Å². The molecule has 1 aromatic heterocycles. The summed E-state index contributed by atoms with van der Waals surface area (Å²) in [6, 6.07) is 23.3. The second-order valence-electron chi connectivity index (χ2n) is 12.3. The van der Waals surface area contributed by atoms with Gasteiger partial charge in [-0.15, -0.1) is 0 Å². The molecule has 3 heterocycles. The van der Waals surface area contributed by atoms with Gasteiger partial charge in [-0.2, -0.15) is 5.10 Å². The molecule has 2 aromatic carbocycles. The van der Waals surface area contributed by atoms with Crippen LogP contribution in [0.1, 0.15) is 74.4 Å². The van der Waals surface area contributed by atoms with E-state index in [0.29, 0.717) is 30.1 Å². The van der Waals surface area contributed by atoms with Crippen molar-refractivity contribution in [1.82, 2.24) is 19.6 Å². The molecule has 40 heavy (non-hydrogen) atoms. The van der Waals surface area contributed by atoms with Crippen molar-refractivity contribution in [2.45, 2.75) is 70.9 Å². The number of aryl methyl sites for hydroxylation is 1. The normalized spacial score (nSPS) is 21.7.